The van der Waals surface area contributed by atoms with Crippen LogP contribution in [0.4, 0.5) is 20.4 Å². The number of nitrogen functional groups attached to an aromatic ring is 1. The third-order valence-corrected chi connectivity index (χ3v) is 6.19. The molecule has 0 amide bonds. The minimum atomic E-state index is -1.22. The summed E-state index contributed by atoms with van der Waals surface area (Å²) in [5.74, 6) is 0.430. The van der Waals surface area contributed by atoms with Gasteiger partial charge < -0.3 is 20.1 Å². The van der Waals surface area contributed by atoms with Crippen molar-refractivity contribution in [3.63, 3.8) is 0 Å². The lowest BCUT2D eigenvalue weighted by Gasteiger charge is -2.35. The van der Waals surface area contributed by atoms with E-state index in [0.717, 1.165) is 12.1 Å². The summed E-state index contributed by atoms with van der Waals surface area (Å²) < 4.78 is 31.4. The van der Waals surface area contributed by atoms with Crippen LogP contribution in [0.5, 0.6) is 0 Å². The Balaban J connectivity index is 1.63. The van der Waals surface area contributed by atoms with Crippen molar-refractivity contribution in [2.24, 2.45) is 0 Å². The predicted octanol–water partition coefficient (Wildman–Crippen LogP) is 3.14. The van der Waals surface area contributed by atoms with Crippen LogP contribution < -0.4 is 10.6 Å². The molecule has 0 bridgehead atoms. The zero-order valence-corrected chi connectivity index (χ0v) is 19.5. The SMILES string of the molecule is Cc1cc(-c2cn(CCN(C)C)c([C@@H]3CCN(c4ncnc(N)c4C#N)C[C@@H]3F)n2)ccc1F. The summed E-state index contributed by atoms with van der Waals surface area (Å²) in [7, 11) is 3.97. The molecule has 2 aromatic heterocycles. The number of imidazole rings is 1. The summed E-state index contributed by atoms with van der Waals surface area (Å²) in [5, 5.41) is 9.44. The Hall–Kier alpha value is -3.58. The van der Waals surface area contributed by atoms with Crippen molar-refractivity contribution in [3.05, 3.63) is 53.5 Å². The fraction of sp³-hybridized carbons (Fsp3) is 0.417. The molecule has 0 unspecified atom stereocenters. The number of nitriles is 1. The highest BCUT2D eigenvalue weighted by molar-refractivity contribution is 5.64. The van der Waals surface area contributed by atoms with Gasteiger partial charge in [-0.15, -0.1) is 0 Å². The highest BCUT2D eigenvalue weighted by atomic mass is 19.1. The van der Waals surface area contributed by atoms with E-state index in [-0.39, 0.29) is 23.7 Å². The molecular formula is C24H28F2N8. The van der Waals surface area contributed by atoms with Crippen LogP contribution in [0.15, 0.2) is 30.7 Å². The van der Waals surface area contributed by atoms with Crippen molar-refractivity contribution in [2.75, 3.05) is 44.4 Å². The summed E-state index contributed by atoms with van der Waals surface area (Å²) in [5.41, 5.74) is 8.01. The highest BCUT2D eigenvalue weighted by Crippen LogP contribution is 2.35. The van der Waals surface area contributed by atoms with Gasteiger partial charge in [0.2, 0.25) is 0 Å². The molecule has 10 heteroatoms. The zero-order valence-electron chi connectivity index (χ0n) is 19.5. The normalized spacial score (nSPS) is 18.3. The summed E-state index contributed by atoms with van der Waals surface area (Å²) in [4.78, 5) is 16.7. The Morgan fingerprint density at radius 3 is 2.76 bits per heavy atom. The van der Waals surface area contributed by atoms with Gasteiger partial charge in [-0.05, 0) is 51.2 Å². The lowest BCUT2D eigenvalue weighted by atomic mass is 9.93. The van der Waals surface area contributed by atoms with Crippen LogP contribution in [0, 0.1) is 24.1 Å². The van der Waals surface area contributed by atoms with Gasteiger partial charge in [0.05, 0.1) is 18.2 Å². The van der Waals surface area contributed by atoms with Gasteiger partial charge in [0.15, 0.2) is 5.82 Å². The molecule has 0 aliphatic carbocycles. The molecular weight excluding hydrogens is 438 g/mol. The number of hydrogen-bond donors (Lipinski definition) is 1. The number of aromatic nitrogens is 4. The Bertz CT molecular complexity index is 1220. The molecule has 1 aliphatic heterocycles. The second-order valence-electron chi connectivity index (χ2n) is 8.87. The molecule has 0 radical (unpaired) electrons. The minimum Gasteiger partial charge on any atom is -0.382 e. The second-order valence-corrected chi connectivity index (χ2v) is 8.87. The molecule has 34 heavy (non-hydrogen) atoms. The van der Waals surface area contributed by atoms with Crippen LogP contribution in [0.1, 0.15) is 29.3 Å². The lowest BCUT2D eigenvalue weighted by molar-refractivity contribution is 0.237. The molecule has 0 spiro atoms. The number of hydrogen-bond acceptors (Lipinski definition) is 7. The predicted molar refractivity (Wildman–Crippen MR) is 127 cm³/mol. The van der Waals surface area contributed by atoms with Crippen LogP contribution in [0.3, 0.4) is 0 Å². The van der Waals surface area contributed by atoms with E-state index in [1.165, 1.54) is 12.4 Å². The van der Waals surface area contributed by atoms with Gasteiger partial charge in [-0.2, -0.15) is 5.26 Å². The van der Waals surface area contributed by atoms with Crippen LogP contribution >= 0.6 is 0 Å². The number of piperidine rings is 1. The van der Waals surface area contributed by atoms with Gasteiger partial charge >= 0.3 is 0 Å². The van der Waals surface area contributed by atoms with Crippen molar-refractivity contribution in [1.82, 2.24) is 24.4 Å². The minimum absolute atomic E-state index is 0.0708. The molecule has 0 saturated carbocycles. The van der Waals surface area contributed by atoms with E-state index in [0.29, 0.717) is 42.4 Å². The first-order chi connectivity index (χ1) is 16.3. The monoisotopic (exact) mass is 466 g/mol. The number of likely N-dealkylation sites (N-methyl/N-ethyl adjacent to an activating group) is 1. The van der Waals surface area contributed by atoms with E-state index in [1.54, 1.807) is 24.0 Å². The molecule has 3 heterocycles. The van der Waals surface area contributed by atoms with Crippen molar-refractivity contribution >= 4 is 11.6 Å². The standard InChI is InChI=1S/C24H28F2N8/c1-15-10-16(4-5-19(15)25)21-13-34(9-8-32(2)3)24(31-21)17-6-7-33(12-20(17)26)23-18(11-27)22(28)29-14-30-23/h4-5,10,13-14,17,20H,6-9,12H2,1-3H3,(H2,28,29,30)/t17-,20+/m1/s1. The van der Waals surface area contributed by atoms with Gasteiger partial charge in [-0.25, -0.2) is 23.7 Å². The van der Waals surface area contributed by atoms with Crippen LogP contribution in [-0.4, -0.2) is 64.3 Å². The Morgan fingerprint density at radius 1 is 1.29 bits per heavy atom. The second kappa shape index (κ2) is 9.73. The first-order valence-electron chi connectivity index (χ1n) is 11.2. The molecule has 2 N–H and O–H groups in total. The lowest BCUT2D eigenvalue weighted by Crippen LogP contribution is -2.42. The Kier molecular flexibility index (Phi) is 6.75. The number of rotatable bonds is 6. The average molecular weight is 467 g/mol. The summed E-state index contributed by atoms with van der Waals surface area (Å²) in [6.07, 6.45) is 2.48. The Labute approximate surface area is 197 Å². The third-order valence-electron chi connectivity index (χ3n) is 6.19. The van der Waals surface area contributed by atoms with Crippen molar-refractivity contribution in [3.8, 4) is 17.3 Å². The van der Waals surface area contributed by atoms with Gasteiger partial charge in [0, 0.05) is 31.4 Å². The van der Waals surface area contributed by atoms with Crippen molar-refractivity contribution in [1.29, 1.82) is 5.26 Å². The number of benzene rings is 1. The van der Waals surface area contributed by atoms with Crippen LogP contribution in [0.2, 0.25) is 0 Å². The number of nitrogens with zero attached hydrogens (tertiary/aromatic N) is 7. The Morgan fingerprint density at radius 2 is 2.09 bits per heavy atom. The topological polar surface area (TPSA) is 99.9 Å². The molecule has 1 aliphatic rings. The van der Waals surface area contributed by atoms with E-state index < -0.39 is 12.1 Å². The maximum Gasteiger partial charge on any atom is 0.152 e. The fourth-order valence-electron chi connectivity index (χ4n) is 4.28. The van der Waals surface area contributed by atoms with Crippen molar-refractivity contribution in [2.45, 2.75) is 32.0 Å². The number of nitrogens with two attached hydrogens (primary N) is 1. The molecule has 8 nitrogen and oxygen atoms in total. The quantitative estimate of drug-likeness (QED) is 0.596. The molecule has 3 aromatic rings. The number of anilines is 2. The number of aryl methyl sites for hydroxylation is 1. The highest BCUT2D eigenvalue weighted by Gasteiger charge is 2.35. The first-order valence-corrected chi connectivity index (χ1v) is 11.2. The van der Waals surface area contributed by atoms with E-state index >= 15 is 4.39 Å². The van der Waals surface area contributed by atoms with Gasteiger partial charge in [0.25, 0.3) is 0 Å². The van der Waals surface area contributed by atoms with E-state index in [4.69, 9.17) is 10.7 Å². The molecule has 1 fully saturated rings. The van der Waals surface area contributed by atoms with E-state index in [2.05, 4.69) is 14.9 Å². The fourth-order valence-corrected chi connectivity index (χ4v) is 4.28. The maximum atomic E-state index is 15.6. The van der Waals surface area contributed by atoms with Gasteiger partial charge in [-0.3, -0.25) is 0 Å². The third kappa shape index (κ3) is 4.70. The first kappa shape index (κ1) is 23.6. The summed E-state index contributed by atoms with van der Waals surface area (Å²) >= 11 is 0. The number of halogens is 2. The van der Waals surface area contributed by atoms with Crippen LogP contribution in [0.25, 0.3) is 11.3 Å². The summed E-state index contributed by atoms with van der Waals surface area (Å²) in [6.45, 7) is 3.71. The number of alkyl halides is 1. The van der Waals surface area contributed by atoms with Gasteiger partial charge in [-0.1, -0.05) is 0 Å². The summed E-state index contributed by atoms with van der Waals surface area (Å²) in [6, 6.07) is 6.91. The zero-order chi connectivity index (χ0) is 24.4. The van der Waals surface area contributed by atoms with Gasteiger partial charge in [0.1, 0.15) is 41.6 Å². The molecule has 1 saturated heterocycles. The van der Waals surface area contributed by atoms with E-state index in [9.17, 15) is 9.65 Å². The maximum absolute atomic E-state index is 15.6. The molecule has 4 rings (SSSR count). The van der Waals surface area contributed by atoms with Crippen LogP contribution in [-0.2, 0) is 6.54 Å². The van der Waals surface area contributed by atoms with E-state index in [1.807, 2.05) is 30.9 Å². The molecule has 1 aromatic carbocycles. The largest absolute Gasteiger partial charge is 0.382 e. The molecule has 178 valence electrons. The van der Waals surface area contributed by atoms with Crippen molar-refractivity contribution < 1.29 is 8.78 Å². The smallest absolute Gasteiger partial charge is 0.152 e. The average Bonchev–Trinajstić information content (AvgIpc) is 3.23. The molecule has 2 atom stereocenters.